The molecule has 0 aromatic carbocycles. The van der Waals surface area contributed by atoms with Crippen molar-refractivity contribution >= 4 is 5.71 Å². The van der Waals surface area contributed by atoms with Gasteiger partial charge in [0.1, 0.15) is 0 Å². The molecule has 1 aromatic rings. The van der Waals surface area contributed by atoms with Crippen molar-refractivity contribution in [3.63, 3.8) is 0 Å². The van der Waals surface area contributed by atoms with Gasteiger partial charge in [-0.05, 0) is 38.5 Å². The third-order valence-electron chi connectivity index (χ3n) is 3.79. The second-order valence-electron chi connectivity index (χ2n) is 5.04. The van der Waals surface area contributed by atoms with E-state index in [0.29, 0.717) is 0 Å². The van der Waals surface area contributed by atoms with Crippen molar-refractivity contribution in [1.29, 1.82) is 0 Å². The van der Waals surface area contributed by atoms with E-state index in [1.54, 1.807) is 0 Å². The first kappa shape index (κ1) is 10.8. The van der Waals surface area contributed by atoms with E-state index >= 15 is 0 Å². The Morgan fingerprint density at radius 3 is 2.76 bits per heavy atom. The summed E-state index contributed by atoms with van der Waals surface area (Å²) in [5.41, 5.74) is 3.89. The van der Waals surface area contributed by atoms with E-state index in [1.807, 2.05) is 17.9 Å². The average molecular weight is 232 g/mol. The minimum Gasteiger partial charge on any atom is -0.297 e. The van der Waals surface area contributed by atoms with Crippen LogP contribution in [0.25, 0.3) is 0 Å². The first-order valence-electron chi connectivity index (χ1n) is 6.68. The monoisotopic (exact) mass is 232 g/mol. The van der Waals surface area contributed by atoms with Gasteiger partial charge in [0, 0.05) is 31.4 Å². The van der Waals surface area contributed by atoms with Crippen LogP contribution in [0, 0.1) is 0 Å². The van der Waals surface area contributed by atoms with E-state index in [0.717, 1.165) is 25.9 Å². The zero-order chi connectivity index (χ0) is 11.7. The standard InChI is InChI=1S/C13H20N4/c1-16-13-7-5-6-12(11(13)10-14-16)15-17-8-3-2-4-9-17/h10H,2-9H2,1H3/b15-12+. The number of hydrogen-bond acceptors (Lipinski definition) is 3. The highest BCUT2D eigenvalue weighted by Crippen LogP contribution is 2.22. The molecule has 0 amide bonds. The summed E-state index contributed by atoms with van der Waals surface area (Å²) in [6, 6.07) is 0. The summed E-state index contributed by atoms with van der Waals surface area (Å²) in [6.07, 6.45) is 9.38. The minimum absolute atomic E-state index is 1.11. The van der Waals surface area contributed by atoms with E-state index < -0.39 is 0 Å². The lowest BCUT2D eigenvalue weighted by atomic mass is 9.96. The molecule has 92 valence electrons. The Hall–Kier alpha value is -1.32. The van der Waals surface area contributed by atoms with Crippen LogP contribution in [-0.4, -0.2) is 33.6 Å². The van der Waals surface area contributed by atoms with Gasteiger partial charge in [-0.15, -0.1) is 0 Å². The Morgan fingerprint density at radius 1 is 1.12 bits per heavy atom. The Bertz CT molecular complexity index is 427. The summed E-state index contributed by atoms with van der Waals surface area (Å²) < 4.78 is 2.00. The number of rotatable bonds is 1. The maximum absolute atomic E-state index is 4.85. The Balaban J connectivity index is 1.86. The molecule has 3 rings (SSSR count). The van der Waals surface area contributed by atoms with Crippen molar-refractivity contribution in [3.8, 4) is 0 Å². The van der Waals surface area contributed by atoms with Crippen molar-refractivity contribution in [2.45, 2.75) is 38.5 Å². The SMILES string of the molecule is Cn1ncc2c1CCC/C2=N\N1CCCCC1. The van der Waals surface area contributed by atoms with Gasteiger partial charge in [0.05, 0.1) is 11.9 Å². The molecule has 4 heteroatoms. The Labute approximate surface area is 102 Å². The molecule has 4 nitrogen and oxygen atoms in total. The lowest BCUT2D eigenvalue weighted by Crippen LogP contribution is -2.27. The molecule has 0 radical (unpaired) electrons. The summed E-state index contributed by atoms with van der Waals surface area (Å²) in [7, 11) is 2.03. The van der Waals surface area contributed by atoms with Crippen LogP contribution in [0.1, 0.15) is 43.4 Å². The predicted octanol–water partition coefficient (Wildman–Crippen LogP) is 1.95. The van der Waals surface area contributed by atoms with Crippen molar-refractivity contribution in [3.05, 3.63) is 17.5 Å². The predicted molar refractivity (Wildman–Crippen MR) is 68.1 cm³/mol. The van der Waals surface area contributed by atoms with E-state index in [1.165, 1.54) is 42.7 Å². The molecule has 2 heterocycles. The van der Waals surface area contributed by atoms with Gasteiger partial charge in [-0.25, -0.2) is 0 Å². The maximum atomic E-state index is 4.85. The molecule has 2 aliphatic rings. The van der Waals surface area contributed by atoms with Gasteiger partial charge in [0.25, 0.3) is 0 Å². The topological polar surface area (TPSA) is 33.4 Å². The fourth-order valence-electron chi connectivity index (χ4n) is 2.81. The molecule has 0 spiro atoms. The second-order valence-corrected chi connectivity index (χ2v) is 5.04. The van der Waals surface area contributed by atoms with Crippen LogP contribution in [0.2, 0.25) is 0 Å². The number of aromatic nitrogens is 2. The fraction of sp³-hybridized carbons (Fsp3) is 0.692. The number of aryl methyl sites for hydroxylation is 1. The normalized spacial score (nSPS) is 22.9. The first-order chi connectivity index (χ1) is 8.34. The molecule has 17 heavy (non-hydrogen) atoms. The quantitative estimate of drug-likeness (QED) is 0.741. The van der Waals surface area contributed by atoms with Gasteiger partial charge >= 0.3 is 0 Å². The molecule has 1 aromatic heterocycles. The summed E-state index contributed by atoms with van der Waals surface area (Å²) in [6.45, 7) is 2.25. The highest BCUT2D eigenvalue weighted by Gasteiger charge is 2.20. The third-order valence-corrected chi connectivity index (χ3v) is 3.79. The van der Waals surface area contributed by atoms with Crippen LogP contribution < -0.4 is 0 Å². The van der Waals surface area contributed by atoms with Gasteiger partial charge in [-0.3, -0.25) is 9.69 Å². The molecule has 0 bridgehead atoms. The number of piperidine rings is 1. The van der Waals surface area contributed by atoms with Crippen LogP contribution >= 0.6 is 0 Å². The minimum atomic E-state index is 1.11. The molecular weight excluding hydrogens is 212 g/mol. The fourth-order valence-corrected chi connectivity index (χ4v) is 2.81. The van der Waals surface area contributed by atoms with Crippen molar-refractivity contribution in [1.82, 2.24) is 14.8 Å². The summed E-state index contributed by atoms with van der Waals surface area (Å²) >= 11 is 0. The van der Waals surface area contributed by atoms with Crippen molar-refractivity contribution in [2.75, 3.05) is 13.1 Å². The summed E-state index contributed by atoms with van der Waals surface area (Å²) in [5, 5.41) is 11.5. The van der Waals surface area contributed by atoms with Gasteiger partial charge in [-0.1, -0.05) is 0 Å². The lowest BCUT2D eigenvalue weighted by Gasteiger charge is -2.26. The Kier molecular flexibility index (Phi) is 2.87. The third kappa shape index (κ3) is 2.08. The van der Waals surface area contributed by atoms with E-state index in [9.17, 15) is 0 Å². The molecule has 0 N–H and O–H groups in total. The van der Waals surface area contributed by atoms with Crippen molar-refractivity contribution < 1.29 is 0 Å². The molecule has 1 aliphatic heterocycles. The molecule has 1 saturated heterocycles. The van der Waals surface area contributed by atoms with Gasteiger partial charge in [0.15, 0.2) is 0 Å². The highest BCUT2D eigenvalue weighted by molar-refractivity contribution is 6.02. The number of hydrazone groups is 1. The Morgan fingerprint density at radius 2 is 1.94 bits per heavy atom. The summed E-state index contributed by atoms with van der Waals surface area (Å²) in [4.78, 5) is 0. The van der Waals surface area contributed by atoms with E-state index in [2.05, 4.69) is 10.1 Å². The first-order valence-corrected chi connectivity index (χ1v) is 6.68. The largest absolute Gasteiger partial charge is 0.297 e. The van der Waals surface area contributed by atoms with Crippen LogP contribution in [-0.2, 0) is 13.5 Å². The maximum Gasteiger partial charge on any atom is 0.0712 e. The van der Waals surface area contributed by atoms with Gasteiger partial charge in [-0.2, -0.15) is 10.2 Å². The lowest BCUT2D eigenvalue weighted by molar-refractivity contribution is 0.238. The van der Waals surface area contributed by atoms with Crippen LogP contribution in [0.5, 0.6) is 0 Å². The van der Waals surface area contributed by atoms with Gasteiger partial charge in [0.2, 0.25) is 0 Å². The highest BCUT2D eigenvalue weighted by atomic mass is 15.5. The molecule has 0 atom stereocenters. The molecule has 0 unspecified atom stereocenters. The van der Waals surface area contributed by atoms with E-state index in [-0.39, 0.29) is 0 Å². The van der Waals surface area contributed by atoms with E-state index in [4.69, 9.17) is 5.10 Å². The van der Waals surface area contributed by atoms with Crippen LogP contribution in [0.15, 0.2) is 11.3 Å². The number of hydrogen-bond donors (Lipinski definition) is 0. The second kappa shape index (κ2) is 4.51. The number of nitrogens with zero attached hydrogens (tertiary/aromatic N) is 4. The van der Waals surface area contributed by atoms with Crippen LogP contribution in [0.3, 0.4) is 0 Å². The van der Waals surface area contributed by atoms with Crippen molar-refractivity contribution in [2.24, 2.45) is 12.1 Å². The van der Waals surface area contributed by atoms with Crippen LogP contribution in [0.4, 0.5) is 0 Å². The zero-order valence-electron chi connectivity index (χ0n) is 10.5. The molecule has 0 saturated carbocycles. The number of fused-ring (bicyclic) bond motifs is 1. The summed E-state index contributed by atoms with van der Waals surface area (Å²) in [5.74, 6) is 0. The average Bonchev–Trinajstić information content (AvgIpc) is 2.74. The molecule has 1 fully saturated rings. The molecule has 1 aliphatic carbocycles. The molecular formula is C13H20N4. The smallest absolute Gasteiger partial charge is 0.0712 e. The zero-order valence-corrected chi connectivity index (χ0v) is 10.5. The van der Waals surface area contributed by atoms with Gasteiger partial charge < -0.3 is 0 Å².